The fraction of sp³-hybridized carbons (Fsp3) is 0.174. The summed E-state index contributed by atoms with van der Waals surface area (Å²) in [5.41, 5.74) is 1.25. The van der Waals surface area contributed by atoms with E-state index in [0.717, 1.165) is 20.5 Å². The van der Waals surface area contributed by atoms with Crippen LogP contribution in [0.15, 0.2) is 64.2 Å². The van der Waals surface area contributed by atoms with E-state index in [2.05, 4.69) is 0 Å². The van der Waals surface area contributed by atoms with Gasteiger partial charge in [-0.15, -0.1) is 11.3 Å². The minimum absolute atomic E-state index is 0.0744. The molecular weight excluding hydrogens is 478 g/mol. The maximum Gasteiger partial charge on any atom is 0.253 e. The molecule has 0 bridgehead atoms. The Morgan fingerprint density at radius 2 is 1.85 bits per heavy atom. The molecule has 0 saturated carbocycles. The lowest BCUT2D eigenvalue weighted by Gasteiger charge is -2.26. The monoisotopic (exact) mass is 495 g/mol. The third kappa shape index (κ3) is 3.81. The van der Waals surface area contributed by atoms with Gasteiger partial charge >= 0.3 is 0 Å². The number of carbonyl (C=O) groups is 2. The fourth-order valence-electron chi connectivity index (χ4n) is 3.90. The summed E-state index contributed by atoms with van der Waals surface area (Å²) in [6.45, 7) is -0.0626. The van der Waals surface area contributed by atoms with Gasteiger partial charge < -0.3 is 9.47 Å². The predicted molar refractivity (Wildman–Crippen MR) is 122 cm³/mol. The molecule has 172 valence electrons. The average molecular weight is 496 g/mol. The molecule has 0 N–H and O–H groups in total. The van der Waals surface area contributed by atoms with Crippen molar-refractivity contribution < 1.29 is 27.5 Å². The Morgan fingerprint density at radius 1 is 1.09 bits per heavy atom. The molecule has 0 spiro atoms. The minimum atomic E-state index is -4.09. The van der Waals surface area contributed by atoms with E-state index in [1.54, 1.807) is 29.6 Å². The van der Waals surface area contributed by atoms with Crippen LogP contribution in [0.3, 0.4) is 0 Å². The number of ether oxygens (including phenoxy) is 2. The van der Waals surface area contributed by atoms with Gasteiger partial charge in [-0.25, -0.2) is 13.3 Å². The number of sulfonamides is 1. The Hall–Kier alpha value is -3.72. The number of hydrogen-bond donors (Lipinski definition) is 0. The number of anilines is 1. The van der Waals surface area contributed by atoms with Crippen molar-refractivity contribution in [2.45, 2.75) is 23.2 Å². The van der Waals surface area contributed by atoms with Crippen LogP contribution < -0.4 is 14.4 Å². The van der Waals surface area contributed by atoms with Gasteiger partial charge in [0.2, 0.25) is 12.7 Å². The molecule has 3 aromatic rings. The van der Waals surface area contributed by atoms with Crippen LogP contribution in [0.4, 0.5) is 5.69 Å². The van der Waals surface area contributed by atoms with Gasteiger partial charge in [0.05, 0.1) is 23.7 Å². The first-order chi connectivity index (χ1) is 16.4. The van der Waals surface area contributed by atoms with Crippen molar-refractivity contribution >= 4 is 38.9 Å². The molecule has 1 atom stereocenters. The maximum absolute atomic E-state index is 13.6. The normalized spacial score (nSPS) is 17.4. The van der Waals surface area contributed by atoms with E-state index < -0.39 is 27.9 Å². The van der Waals surface area contributed by atoms with Crippen LogP contribution in [0.25, 0.3) is 0 Å². The second-order valence-electron chi connectivity index (χ2n) is 7.62. The molecule has 0 aliphatic carbocycles. The van der Waals surface area contributed by atoms with E-state index in [1.165, 1.54) is 30.3 Å². The standard InChI is InChI=1S/C23H17N3O6S2/c24-12-15-3-6-17(7-4-15)26-21(27)11-18(23(26)28)25(34(29,30)22-2-1-9-33-22)13-16-5-8-19-20(10-16)32-14-31-19/h1-10,18H,11,13-14H2. The number of thiophene rings is 1. The lowest BCUT2D eigenvalue weighted by molar-refractivity contribution is -0.122. The first-order valence-electron chi connectivity index (χ1n) is 10.2. The van der Waals surface area contributed by atoms with E-state index in [-0.39, 0.29) is 29.7 Å². The Morgan fingerprint density at radius 3 is 2.56 bits per heavy atom. The molecule has 2 aliphatic heterocycles. The summed E-state index contributed by atoms with van der Waals surface area (Å²) >= 11 is 1.04. The van der Waals surface area contributed by atoms with E-state index in [9.17, 15) is 18.0 Å². The molecule has 1 aromatic heterocycles. The summed E-state index contributed by atoms with van der Waals surface area (Å²) in [5, 5.41) is 10.6. The van der Waals surface area contributed by atoms with Gasteiger partial charge in [-0.3, -0.25) is 9.59 Å². The maximum atomic E-state index is 13.6. The average Bonchev–Trinajstić information content (AvgIpc) is 3.58. The zero-order valence-corrected chi connectivity index (χ0v) is 19.2. The molecule has 2 aliphatic rings. The number of benzene rings is 2. The highest BCUT2D eigenvalue weighted by Gasteiger charge is 2.47. The van der Waals surface area contributed by atoms with Gasteiger partial charge in [0, 0.05) is 6.54 Å². The topological polar surface area (TPSA) is 117 Å². The zero-order chi connectivity index (χ0) is 23.9. The van der Waals surface area contributed by atoms with Crippen molar-refractivity contribution in [1.29, 1.82) is 5.26 Å². The van der Waals surface area contributed by atoms with Crippen LogP contribution in [-0.2, 0) is 26.2 Å². The predicted octanol–water partition coefficient (Wildman–Crippen LogP) is 2.87. The van der Waals surface area contributed by atoms with E-state index in [4.69, 9.17) is 14.7 Å². The Labute approximate surface area is 199 Å². The lowest BCUT2D eigenvalue weighted by Crippen LogP contribution is -2.44. The first-order valence-corrected chi connectivity index (χ1v) is 12.5. The van der Waals surface area contributed by atoms with Crippen LogP contribution in [0, 0.1) is 11.3 Å². The first kappa shape index (κ1) is 22.1. The number of rotatable bonds is 6. The van der Waals surface area contributed by atoms with Gasteiger partial charge in [0.25, 0.3) is 15.9 Å². The highest BCUT2D eigenvalue weighted by Crippen LogP contribution is 2.35. The third-order valence-corrected chi connectivity index (χ3v) is 8.79. The molecule has 1 unspecified atom stereocenters. The van der Waals surface area contributed by atoms with Crippen molar-refractivity contribution in [2.75, 3.05) is 11.7 Å². The Bertz CT molecular complexity index is 1410. The van der Waals surface area contributed by atoms with Crippen molar-refractivity contribution in [1.82, 2.24) is 4.31 Å². The molecule has 0 radical (unpaired) electrons. The summed E-state index contributed by atoms with van der Waals surface area (Å²) in [4.78, 5) is 27.2. The summed E-state index contributed by atoms with van der Waals surface area (Å²) in [6.07, 6.45) is -0.298. The van der Waals surface area contributed by atoms with E-state index in [0.29, 0.717) is 22.6 Å². The molecule has 2 aromatic carbocycles. The summed E-state index contributed by atoms with van der Waals surface area (Å²) < 4.78 is 39.0. The lowest BCUT2D eigenvalue weighted by atomic mass is 10.1. The number of carbonyl (C=O) groups excluding carboxylic acids is 2. The zero-order valence-electron chi connectivity index (χ0n) is 17.6. The van der Waals surface area contributed by atoms with E-state index >= 15 is 0 Å². The summed E-state index contributed by atoms with van der Waals surface area (Å²) in [5.74, 6) is -0.123. The number of hydrogen-bond acceptors (Lipinski definition) is 8. The fourth-order valence-corrected chi connectivity index (χ4v) is 6.59. The molecule has 34 heavy (non-hydrogen) atoms. The summed E-state index contributed by atoms with van der Waals surface area (Å²) in [7, 11) is -4.09. The second kappa shape index (κ2) is 8.57. The Kier molecular flexibility index (Phi) is 5.57. The SMILES string of the molecule is N#Cc1ccc(N2C(=O)CC(N(Cc3ccc4c(c3)OCO4)S(=O)(=O)c3cccs3)C2=O)cc1. The number of amides is 2. The minimum Gasteiger partial charge on any atom is -0.454 e. The summed E-state index contributed by atoms with van der Waals surface area (Å²) in [6, 6.07) is 14.9. The van der Waals surface area contributed by atoms with Crippen LogP contribution in [0.2, 0.25) is 0 Å². The number of fused-ring (bicyclic) bond motifs is 1. The van der Waals surface area contributed by atoms with Crippen molar-refractivity contribution in [3.63, 3.8) is 0 Å². The number of nitriles is 1. The highest BCUT2D eigenvalue weighted by molar-refractivity contribution is 7.91. The largest absolute Gasteiger partial charge is 0.454 e. The van der Waals surface area contributed by atoms with Gasteiger partial charge in [-0.1, -0.05) is 12.1 Å². The van der Waals surface area contributed by atoms with E-state index in [1.807, 2.05) is 6.07 Å². The smallest absolute Gasteiger partial charge is 0.253 e. The molecule has 1 fully saturated rings. The highest BCUT2D eigenvalue weighted by atomic mass is 32.2. The van der Waals surface area contributed by atoms with Gasteiger partial charge in [-0.05, 0) is 53.4 Å². The van der Waals surface area contributed by atoms with Crippen molar-refractivity contribution in [3.8, 4) is 17.6 Å². The van der Waals surface area contributed by atoms with Crippen LogP contribution >= 0.6 is 11.3 Å². The molecule has 1 saturated heterocycles. The van der Waals surface area contributed by atoms with Crippen LogP contribution in [0.1, 0.15) is 17.5 Å². The van der Waals surface area contributed by atoms with Crippen LogP contribution in [-0.4, -0.2) is 37.4 Å². The Balaban J connectivity index is 1.51. The molecule has 2 amide bonds. The van der Waals surface area contributed by atoms with Crippen LogP contribution in [0.5, 0.6) is 11.5 Å². The van der Waals surface area contributed by atoms with Crippen molar-refractivity contribution in [3.05, 3.63) is 71.1 Å². The number of imide groups is 1. The molecule has 9 nitrogen and oxygen atoms in total. The van der Waals surface area contributed by atoms with Gasteiger partial charge in [0.1, 0.15) is 10.3 Å². The molecule has 5 rings (SSSR count). The van der Waals surface area contributed by atoms with Crippen molar-refractivity contribution in [2.24, 2.45) is 0 Å². The second-order valence-corrected chi connectivity index (χ2v) is 10.7. The van der Waals surface area contributed by atoms with Gasteiger partial charge in [0.15, 0.2) is 11.5 Å². The molecule has 11 heteroatoms. The molecular formula is C23H17N3O6S2. The molecule has 3 heterocycles. The quantitative estimate of drug-likeness (QED) is 0.483. The number of nitrogens with zero attached hydrogens (tertiary/aromatic N) is 3. The third-order valence-electron chi connectivity index (χ3n) is 5.56. The van der Waals surface area contributed by atoms with Gasteiger partial charge in [-0.2, -0.15) is 9.57 Å².